The normalized spacial score (nSPS) is 15.5. The fourth-order valence-corrected chi connectivity index (χ4v) is 4.25. The van der Waals surface area contributed by atoms with Crippen molar-refractivity contribution in [1.29, 1.82) is 0 Å². The molecule has 2 heterocycles. The number of fused-ring (bicyclic) bond motifs is 1. The van der Waals surface area contributed by atoms with Crippen molar-refractivity contribution in [3.63, 3.8) is 0 Å². The fraction of sp³-hybridized carbons (Fsp3) is 0.308. The molecule has 0 aliphatic carbocycles. The van der Waals surface area contributed by atoms with Gasteiger partial charge >= 0.3 is 0 Å². The van der Waals surface area contributed by atoms with Crippen LogP contribution in [0.4, 0.5) is 5.69 Å². The Labute approximate surface area is 183 Å². The summed E-state index contributed by atoms with van der Waals surface area (Å²) in [6, 6.07) is 18.1. The second kappa shape index (κ2) is 8.80. The molecule has 1 aliphatic rings. The van der Waals surface area contributed by atoms with E-state index in [9.17, 15) is 9.59 Å². The van der Waals surface area contributed by atoms with Crippen molar-refractivity contribution in [2.75, 3.05) is 11.9 Å². The van der Waals surface area contributed by atoms with Gasteiger partial charge in [0.1, 0.15) is 0 Å². The molecule has 1 atom stereocenters. The van der Waals surface area contributed by atoms with Gasteiger partial charge in [-0.3, -0.25) is 9.59 Å². The van der Waals surface area contributed by atoms with Crippen LogP contribution in [0.3, 0.4) is 0 Å². The summed E-state index contributed by atoms with van der Waals surface area (Å²) in [5.74, 6) is -0.127. The molecule has 5 nitrogen and oxygen atoms in total. The van der Waals surface area contributed by atoms with Crippen molar-refractivity contribution in [3.05, 3.63) is 88.7 Å². The molecule has 160 valence electrons. The topological polar surface area (TPSA) is 54.3 Å². The van der Waals surface area contributed by atoms with Crippen molar-refractivity contribution in [3.8, 4) is 0 Å². The van der Waals surface area contributed by atoms with Crippen LogP contribution in [-0.2, 0) is 16.1 Å². The molecule has 1 N–H and O–H groups in total. The summed E-state index contributed by atoms with van der Waals surface area (Å²) >= 11 is 0. The van der Waals surface area contributed by atoms with Crippen LogP contribution in [0.25, 0.3) is 0 Å². The highest BCUT2D eigenvalue weighted by Gasteiger charge is 2.32. The van der Waals surface area contributed by atoms with Crippen LogP contribution in [0.5, 0.6) is 0 Å². The van der Waals surface area contributed by atoms with Crippen LogP contribution >= 0.6 is 0 Å². The summed E-state index contributed by atoms with van der Waals surface area (Å²) in [5, 5.41) is 2.92. The first-order valence-corrected chi connectivity index (χ1v) is 10.8. The van der Waals surface area contributed by atoms with E-state index in [-0.39, 0.29) is 30.7 Å². The largest absolute Gasteiger partial charge is 0.348 e. The zero-order valence-electron chi connectivity index (χ0n) is 18.4. The standard InChI is InChI=1S/C26H29N3O2/c1-18-6-4-7-21(16-18)26-23-8-5-13-28(23)14-15-29(26)25(31)12-11-24(30)27-22-10-9-19(2)20(3)17-22/h4-10,13,16-17,26H,11-12,14-15H2,1-3H3,(H,27,30). The van der Waals surface area contributed by atoms with Gasteiger partial charge in [0.15, 0.2) is 0 Å². The zero-order chi connectivity index (χ0) is 22.0. The summed E-state index contributed by atoms with van der Waals surface area (Å²) in [6.07, 6.45) is 2.43. The van der Waals surface area contributed by atoms with E-state index in [1.54, 1.807) is 0 Å². The van der Waals surface area contributed by atoms with Gasteiger partial charge in [0.25, 0.3) is 0 Å². The lowest BCUT2D eigenvalue weighted by Gasteiger charge is -2.37. The smallest absolute Gasteiger partial charge is 0.224 e. The quantitative estimate of drug-likeness (QED) is 0.653. The summed E-state index contributed by atoms with van der Waals surface area (Å²) < 4.78 is 2.21. The molecule has 0 spiro atoms. The highest BCUT2D eigenvalue weighted by molar-refractivity contribution is 5.93. The number of aromatic nitrogens is 1. The van der Waals surface area contributed by atoms with Gasteiger partial charge in [0, 0.05) is 43.5 Å². The van der Waals surface area contributed by atoms with E-state index in [4.69, 9.17) is 0 Å². The van der Waals surface area contributed by atoms with Crippen molar-refractivity contribution in [1.82, 2.24) is 9.47 Å². The number of carbonyl (C=O) groups excluding carboxylic acids is 2. The second-order valence-electron chi connectivity index (χ2n) is 8.38. The summed E-state index contributed by atoms with van der Waals surface area (Å²) in [5.41, 5.74) is 6.48. The molecule has 4 rings (SSSR count). The number of nitrogens with zero attached hydrogens (tertiary/aromatic N) is 2. The summed E-state index contributed by atoms with van der Waals surface area (Å²) in [6.45, 7) is 7.53. The Morgan fingerprint density at radius 3 is 2.55 bits per heavy atom. The van der Waals surface area contributed by atoms with Gasteiger partial charge in [-0.1, -0.05) is 35.9 Å². The Balaban J connectivity index is 1.46. The summed E-state index contributed by atoms with van der Waals surface area (Å²) in [7, 11) is 0. The first-order valence-electron chi connectivity index (χ1n) is 10.8. The molecule has 2 amide bonds. The number of rotatable bonds is 5. The minimum atomic E-state index is -0.135. The molecule has 1 unspecified atom stereocenters. The van der Waals surface area contributed by atoms with Crippen molar-refractivity contribution in [2.24, 2.45) is 0 Å². The molecule has 0 fully saturated rings. The number of anilines is 1. The van der Waals surface area contributed by atoms with Crippen molar-refractivity contribution in [2.45, 2.75) is 46.2 Å². The third-order valence-electron chi connectivity index (χ3n) is 6.07. The maximum Gasteiger partial charge on any atom is 0.224 e. The Morgan fingerprint density at radius 2 is 1.77 bits per heavy atom. The van der Waals surface area contributed by atoms with E-state index < -0.39 is 0 Å². The fourth-order valence-electron chi connectivity index (χ4n) is 4.25. The number of nitrogens with one attached hydrogen (secondary N) is 1. The molecule has 5 heteroatoms. The molecule has 1 aliphatic heterocycles. The molecule has 0 saturated heterocycles. The van der Waals surface area contributed by atoms with Gasteiger partial charge in [-0.2, -0.15) is 0 Å². The van der Waals surface area contributed by atoms with Crippen LogP contribution in [0.15, 0.2) is 60.8 Å². The van der Waals surface area contributed by atoms with E-state index in [1.807, 2.05) is 49.1 Å². The van der Waals surface area contributed by atoms with E-state index in [0.29, 0.717) is 6.54 Å². The number of amides is 2. The molecule has 0 bridgehead atoms. The lowest BCUT2D eigenvalue weighted by atomic mass is 9.98. The number of aryl methyl sites for hydroxylation is 3. The maximum atomic E-state index is 13.2. The van der Waals surface area contributed by atoms with E-state index in [1.165, 1.54) is 11.1 Å². The lowest BCUT2D eigenvalue weighted by molar-refractivity contribution is -0.135. The van der Waals surface area contributed by atoms with E-state index >= 15 is 0 Å². The van der Waals surface area contributed by atoms with Crippen molar-refractivity contribution >= 4 is 17.5 Å². The number of carbonyl (C=O) groups is 2. The maximum absolute atomic E-state index is 13.2. The van der Waals surface area contributed by atoms with Crippen LogP contribution in [-0.4, -0.2) is 27.8 Å². The van der Waals surface area contributed by atoms with Crippen LogP contribution < -0.4 is 5.32 Å². The zero-order valence-corrected chi connectivity index (χ0v) is 18.4. The molecule has 0 radical (unpaired) electrons. The van der Waals surface area contributed by atoms with Crippen LogP contribution in [0.1, 0.15) is 46.8 Å². The average Bonchev–Trinajstić information content (AvgIpc) is 3.23. The van der Waals surface area contributed by atoms with E-state index in [2.05, 4.69) is 47.3 Å². The highest BCUT2D eigenvalue weighted by atomic mass is 16.2. The minimum absolute atomic E-state index is 0.00851. The molecule has 2 aromatic carbocycles. The monoisotopic (exact) mass is 415 g/mol. The minimum Gasteiger partial charge on any atom is -0.348 e. The third kappa shape index (κ3) is 4.55. The Hall–Kier alpha value is -3.34. The van der Waals surface area contributed by atoms with Gasteiger partial charge in [-0.15, -0.1) is 0 Å². The molecule has 31 heavy (non-hydrogen) atoms. The van der Waals surface area contributed by atoms with Gasteiger partial charge in [-0.25, -0.2) is 0 Å². The first-order chi connectivity index (χ1) is 14.9. The van der Waals surface area contributed by atoms with E-state index in [0.717, 1.165) is 29.1 Å². The lowest BCUT2D eigenvalue weighted by Crippen LogP contribution is -2.42. The van der Waals surface area contributed by atoms with Crippen LogP contribution in [0, 0.1) is 20.8 Å². The predicted octanol–water partition coefficient (Wildman–Crippen LogP) is 4.76. The average molecular weight is 416 g/mol. The highest BCUT2D eigenvalue weighted by Crippen LogP contribution is 2.33. The number of hydrogen-bond donors (Lipinski definition) is 1. The molecular weight excluding hydrogens is 386 g/mol. The first kappa shape index (κ1) is 20.9. The van der Waals surface area contributed by atoms with Gasteiger partial charge < -0.3 is 14.8 Å². The molecule has 1 aromatic heterocycles. The summed E-state index contributed by atoms with van der Waals surface area (Å²) in [4.78, 5) is 27.6. The molecule has 0 saturated carbocycles. The third-order valence-corrected chi connectivity index (χ3v) is 6.07. The Kier molecular flexibility index (Phi) is 5.94. The Morgan fingerprint density at radius 1 is 0.935 bits per heavy atom. The number of hydrogen-bond acceptors (Lipinski definition) is 2. The SMILES string of the molecule is Cc1cccc(C2c3cccn3CCN2C(=O)CCC(=O)Nc2ccc(C)c(C)c2)c1. The van der Waals surface area contributed by atoms with Crippen molar-refractivity contribution < 1.29 is 9.59 Å². The van der Waals surface area contributed by atoms with Crippen LogP contribution in [0.2, 0.25) is 0 Å². The number of benzene rings is 2. The molecular formula is C26H29N3O2. The van der Waals surface area contributed by atoms with Gasteiger partial charge in [0.2, 0.25) is 11.8 Å². The molecule has 3 aromatic rings. The second-order valence-corrected chi connectivity index (χ2v) is 8.38. The van der Waals surface area contributed by atoms with Gasteiger partial charge in [0.05, 0.1) is 6.04 Å². The van der Waals surface area contributed by atoms with Gasteiger partial charge in [-0.05, 0) is 61.7 Å². The Bertz CT molecular complexity index is 1120. The predicted molar refractivity (Wildman–Crippen MR) is 123 cm³/mol.